The van der Waals surface area contributed by atoms with Crippen molar-refractivity contribution in [1.82, 2.24) is 9.88 Å². The number of nitrogens with zero attached hydrogens (tertiary/aromatic N) is 3. The molecule has 2 N–H and O–H groups in total. The number of hydrogen-bond acceptors (Lipinski definition) is 4. The molecule has 27 heavy (non-hydrogen) atoms. The first-order valence-corrected chi connectivity index (χ1v) is 9.38. The van der Waals surface area contributed by atoms with E-state index >= 15 is 0 Å². The Morgan fingerprint density at radius 1 is 0.963 bits per heavy atom. The van der Waals surface area contributed by atoms with Gasteiger partial charge in [-0.25, -0.2) is 0 Å². The normalized spacial score (nSPS) is 18.0. The van der Waals surface area contributed by atoms with Crippen molar-refractivity contribution in [2.24, 2.45) is 0 Å². The van der Waals surface area contributed by atoms with Crippen LogP contribution in [0.25, 0.3) is 5.82 Å². The highest BCUT2D eigenvalue weighted by molar-refractivity contribution is 7.99. The fraction of sp³-hybridized carbons (Fsp3) is 0.0476. The van der Waals surface area contributed by atoms with E-state index in [1.165, 1.54) is 0 Å². The van der Waals surface area contributed by atoms with Gasteiger partial charge in [0.1, 0.15) is 29.5 Å². The molecule has 5 rings (SSSR count). The first-order chi connectivity index (χ1) is 13.3. The lowest BCUT2D eigenvalue weighted by Gasteiger charge is -2.39. The van der Waals surface area contributed by atoms with Gasteiger partial charge in [0.05, 0.1) is 5.69 Å². The molecule has 0 aliphatic carbocycles. The first-order valence-electron chi connectivity index (χ1n) is 8.56. The largest absolute Gasteiger partial charge is 0.346 e. The van der Waals surface area contributed by atoms with E-state index in [1.54, 1.807) is 11.8 Å². The molecule has 3 aromatic rings. The Morgan fingerprint density at radius 2 is 1.67 bits per heavy atom. The summed E-state index contributed by atoms with van der Waals surface area (Å²) in [4.78, 5) is 4.13. The highest BCUT2D eigenvalue weighted by Gasteiger charge is 2.38. The molecule has 2 aromatic carbocycles. The lowest BCUT2D eigenvalue weighted by molar-refractivity contribution is 0.611. The number of rotatable bonds is 1. The van der Waals surface area contributed by atoms with Crippen LogP contribution in [0, 0.1) is 16.7 Å². The lowest BCUT2D eigenvalue weighted by atomic mass is 10.0. The number of anilines is 1. The zero-order valence-electron chi connectivity index (χ0n) is 14.3. The number of nitriles is 1. The van der Waals surface area contributed by atoms with E-state index in [0.29, 0.717) is 11.4 Å². The standard InChI is InChI=1S/C21H15N5S/c22-13-15-19(23)26-16-8-2-4-10-18(16)27-17-9-3-1-7-14(17)21(26)24-20(15)25-11-5-6-12-25/h1-12,21,23-24H. The van der Waals surface area contributed by atoms with Gasteiger partial charge in [-0.15, -0.1) is 0 Å². The molecule has 5 nitrogen and oxygen atoms in total. The van der Waals surface area contributed by atoms with Crippen molar-refractivity contribution >= 4 is 29.1 Å². The highest BCUT2D eigenvalue weighted by Crippen LogP contribution is 2.47. The van der Waals surface area contributed by atoms with Crippen LogP contribution >= 0.6 is 11.8 Å². The molecule has 2 aliphatic rings. The summed E-state index contributed by atoms with van der Waals surface area (Å²) in [6.45, 7) is 0. The van der Waals surface area contributed by atoms with Crippen LogP contribution in [-0.2, 0) is 0 Å². The minimum Gasteiger partial charge on any atom is -0.346 e. The maximum absolute atomic E-state index is 9.80. The van der Waals surface area contributed by atoms with E-state index in [2.05, 4.69) is 29.6 Å². The van der Waals surface area contributed by atoms with Gasteiger partial charge in [-0.1, -0.05) is 42.1 Å². The number of hydrogen-bond donors (Lipinski definition) is 2. The minimum absolute atomic E-state index is 0.203. The third kappa shape index (κ3) is 2.36. The smallest absolute Gasteiger partial charge is 0.149 e. The van der Waals surface area contributed by atoms with Crippen molar-refractivity contribution in [2.75, 3.05) is 4.90 Å². The number of amidine groups is 1. The highest BCUT2D eigenvalue weighted by atomic mass is 32.2. The van der Waals surface area contributed by atoms with E-state index < -0.39 is 0 Å². The van der Waals surface area contributed by atoms with Crippen molar-refractivity contribution in [1.29, 1.82) is 10.7 Å². The Hall–Kier alpha value is -3.43. The molecule has 2 aliphatic heterocycles. The molecule has 0 fully saturated rings. The quantitative estimate of drug-likeness (QED) is 0.666. The van der Waals surface area contributed by atoms with Gasteiger partial charge in [0, 0.05) is 27.7 Å². The number of benzene rings is 2. The number of para-hydroxylation sites is 1. The van der Waals surface area contributed by atoms with Gasteiger partial charge < -0.3 is 9.88 Å². The van der Waals surface area contributed by atoms with Crippen molar-refractivity contribution in [3.8, 4) is 6.07 Å². The third-order valence-corrected chi connectivity index (χ3v) is 5.94. The summed E-state index contributed by atoms with van der Waals surface area (Å²) in [6, 6.07) is 22.3. The predicted octanol–water partition coefficient (Wildman–Crippen LogP) is 4.43. The van der Waals surface area contributed by atoms with Crippen molar-refractivity contribution in [3.05, 3.63) is 84.2 Å². The SMILES string of the molecule is N#CC1=C(n2cccc2)NC2c3ccccc3Sc3ccccc3N2C1=N. The second-order valence-electron chi connectivity index (χ2n) is 6.30. The van der Waals surface area contributed by atoms with Crippen LogP contribution in [0.4, 0.5) is 5.69 Å². The van der Waals surface area contributed by atoms with Gasteiger partial charge in [-0.2, -0.15) is 5.26 Å². The first kappa shape index (κ1) is 15.8. The topological polar surface area (TPSA) is 67.8 Å². The fourth-order valence-corrected chi connectivity index (χ4v) is 4.66. The number of nitrogens with one attached hydrogen (secondary N) is 2. The molecule has 0 saturated heterocycles. The van der Waals surface area contributed by atoms with Crippen LogP contribution in [0.3, 0.4) is 0 Å². The maximum Gasteiger partial charge on any atom is 0.149 e. The summed E-state index contributed by atoms with van der Waals surface area (Å²) in [5, 5.41) is 22.2. The van der Waals surface area contributed by atoms with Crippen LogP contribution in [-0.4, -0.2) is 10.4 Å². The molecule has 1 atom stereocenters. The predicted molar refractivity (Wildman–Crippen MR) is 106 cm³/mol. The average molecular weight is 369 g/mol. The zero-order chi connectivity index (χ0) is 18.4. The van der Waals surface area contributed by atoms with Crippen LogP contribution in [0.15, 0.2) is 88.4 Å². The van der Waals surface area contributed by atoms with Crippen molar-refractivity contribution < 1.29 is 0 Å². The Kier molecular flexibility index (Phi) is 3.56. The van der Waals surface area contributed by atoms with Gasteiger partial charge in [-0.05, 0) is 30.3 Å². The van der Waals surface area contributed by atoms with Gasteiger partial charge in [0.25, 0.3) is 0 Å². The van der Waals surface area contributed by atoms with Gasteiger partial charge in [-0.3, -0.25) is 10.3 Å². The Bertz CT molecular complexity index is 1120. The molecule has 6 heteroatoms. The summed E-state index contributed by atoms with van der Waals surface area (Å²) in [7, 11) is 0. The van der Waals surface area contributed by atoms with Crippen molar-refractivity contribution in [3.63, 3.8) is 0 Å². The van der Waals surface area contributed by atoms with E-state index in [-0.39, 0.29) is 12.0 Å². The Morgan fingerprint density at radius 3 is 2.44 bits per heavy atom. The van der Waals surface area contributed by atoms with E-state index in [1.807, 2.05) is 64.3 Å². The summed E-state index contributed by atoms with van der Waals surface area (Å²) in [5.74, 6) is 0.836. The summed E-state index contributed by atoms with van der Waals surface area (Å²) in [5.41, 5.74) is 2.34. The van der Waals surface area contributed by atoms with Crippen molar-refractivity contribution in [2.45, 2.75) is 16.0 Å². The molecule has 1 aromatic heterocycles. The molecule has 0 radical (unpaired) electrons. The Balaban J connectivity index is 1.78. The van der Waals surface area contributed by atoms with Gasteiger partial charge in [0.2, 0.25) is 0 Å². The maximum atomic E-state index is 9.80. The Labute approximate surface area is 161 Å². The van der Waals surface area contributed by atoms with Crippen LogP contribution in [0.5, 0.6) is 0 Å². The molecule has 3 heterocycles. The fourth-order valence-electron chi connectivity index (χ4n) is 3.56. The van der Waals surface area contributed by atoms with Crippen LogP contribution < -0.4 is 10.2 Å². The molecule has 0 saturated carbocycles. The summed E-state index contributed by atoms with van der Waals surface area (Å²) >= 11 is 1.69. The molecule has 0 bridgehead atoms. The van der Waals surface area contributed by atoms with E-state index in [4.69, 9.17) is 5.41 Å². The monoisotopic (exact) mass is 369 g/mol. The minimum atomic E-state index is -0.264. The molecule has 0 amide bonds. The van der Waals surface area contributed by atoms with Crippen LogP contribution in [0.2, 0.25) is 0 Å². The van der Waals surface area contributed by atoms with Gasteiger partial charge >= 0.3 is 0 Å². The van der Waals surface area contributed by atoms with Crippen LogP contribution in [0.1, 0.15) is 11.7 Å². The zero-order valence-corrected chi connectivity index (χ0v) is 15.1. The average Bonchev–Trinajstić information content (AvgIpc) is 3.18. The molecule has 0 spiro atoms. The second kappa shape index (κ2) is 6.08. The molecular weight excluding hydrogens is 354 g/mol. The van der Waals surface area contributed by atoms with E-state index in [9.17, 15) is 5.26 Å². The molecule has 130 valence electrons. The summed E-state index contributed by atoms with van der Waals surface area (Å²) in [6.07, 6.45) is 3.50. The van der Waals surface area contributed by atoms with Gasteiger partial charge in [0.15, 0.2) is 0 Å². The molecule has 1 unspecified atom stereocenters. The second-order valence-corrected chi connectivity index (χ2v) is 7.38. The summed E-state index contributed by atoms with van der Waals surface area (Å²) < 4.78 is 1.86. The van der Waals surface area contributed by atoms with E-state index in [0.717, 1.165) is 21.0 Å². The molecular formula is C21H15N5S. The number of aromatic nitrogens is 1. The number of fused-ring (bicyclic) bond motifs is 5. The third-order valence-electron chi connectivity index (χ3n) is 4.78. The lowest BCUT2D eigenvalue weighted by Crippen LogP contribution is -2.48.